The molecule has 0 aliphatic rings. The van der Waals surface area contributed by atoms with E-state index in [1.165, 1.54) is 0 Å². The first-order chi connectivity index (χ1) is 30.7. The molecular formula is C56H36N6. The van der Waals surface area contributed by atoms with Gasteiger partial charge in [0.05, 0.1) is 67.6 Å². The normalized spacial score (nSPS) is 11.2. The fourth-order valence-corrected chi connectivity index (χ4v) is 8.00. The largest absolute Gasteiger partial charge is 0.244 e. The van der Waals surface area contributed by atoms with Crippen molar-refractivity contribution in [2.24, 2.45) is 0 Å². The van der Waals surface area contributed by atoms with Crippen LogP contribution in [-0.4, -0.2) is 29.9 Å². The number of benzene rings is 8. The molecule has 8 aromatic carbocycles. The SMILES string of the molecule is c1ccc(-c2nc(-c3ccccc3)c(-c3ccc(-c4nc5ccccc5nc4-c4ccccc4)cc3)nc2-c2ccc(-c3nc4ccccc4nc3-c3ccccc3)cc2)cc1. The van der Waals surface area contributed by atoms with Gasteiger partial charge in [0.2, 0.25) is 0 Å². The van der Waals surface area contributed by atoms with E-state index in [-0.39, 0.29) is 0 Å². The summed E-state index contributed by atoms with van der Waals surface area (Å²) in [6.07, 6.45) is 0. The molecule has 3 heterocycles. The Hall–Kier alpha value is -8.48. The van der Waals surface area contributed by atoms with Gasteiger partial charge in [-0.25, -0.2) is 29.9 Å². The Morgan fingerprint density at radius 3 is 0.516 bits per heavy atom. The summed E-state index contributed by atoms with van der Waals surface area (Å²) in [6, 6.07) is 74.1. The summed E-state index contributed by atoms with van der Waals surface area (Å²) in [5, 5.41) is 0. The molecule has 11 rings (SSSR count). The number of para-hydroxylation sites is 4. The van der Waals surface area contributed by atoms with Gasteiger partial charge in [0.15, 0.2) is 0 Å². The predicted octanol–water partition coefficient (Wildman–Crippen LogP) is 13.7. The summed E-state index contributed by atoms with van der Waals surface area (Å²) in [5.41, 5.74) is 17.7. The number of rotatable bonds is 8. The van der Waals surface area contributed by atoms with Crippen molar-refractivity contribution in [3.8, 4) is 90.1 Å². The van der Waals surface area contributed by atoms with Gasteiger partial charge in [-0.3, -0.25) is 0 Å². The Labute approximate surface area is 359 Å². The van der Waals surface area contributed by atoms with Gasteiger partial charge >= 0.3 is 0 Å². The lowest BCUT2D eigenvalue weighted by Crippen LogP contribution is -2.01. The van der Waals surface area contributed by atoms with E-state index in [1.807, 2.05) is 121 Å². The molecule has 0 aliphatic heterocycles. The minimum absolute atomic E-state index is 0.779. The molecule has 0 spiro atoms. The molecule has 0 atom stereocenters. The molecule has 0 saturated heterocycles. The zero-order valence-electron chi connectivity index (χ0n) is 33.5. The molecule has 6 heteroatoms. The lowest BCUT2D eigenvalue weighted by atomic mass is 9.97. The Balaban J connectivity index is 1.06. The highest BCUT2D eigenvalue weighted by Crippen LogP contribution is 2.40. The van der Waals surface area contributed by atoms with Gasteiger partial charge in [0.1, 0.15) is 0 Å². The Bertz CT molecular complexity index is 3130. The topological polar surface area (TPSA) is 77.3 Å². The van der Waals surface area contributed by atoms with Crippen molar-refractivity contribution in [2.75, 3.05) is 0 Å². The van der Waals surface area contributed by atoms with Crippen LogP contribution in [0.1, 0.15) is 0 Å². The average Bonchev–Trinajstić information content (AvgIpc) is 3.36. The second-order valence-corrected chi connectivity index (χ2v) is 15.1. The molecule has 3 aromatic heterocycles. The van der Waals surface area contributed by atoms with E-state index in [0.29, 0.717) is 0 Å². The first-order valence-corrected chi connectivity index (χ1v) is 20.6. The third-order valence-corrected chi connectivity index (χ3v) is 11.1. The molecule has 290 valence electrons. The maximum atomic E-state index is 5.56. The molecule has 6 nitrogen and oxygen atoms in total. The van der Waals surface area contributed by atoms with E-state index in [4.69, 9.17) is 29.9 Å². The summed E-state index contributed by atoms with van der Waals surface area (Å²) in [5.74, 6) is 0. The number of aromatic nitrogens is 6. The minimum atomic E-state index is 0.779. The molecule has 0 saturated carbocycles. The van der Waals surface area contributed by atoms with Gasteiger partial charge in [-0.2, -0.15) is 0 Å². The summed E-state index contributed by atoms with van der Waals surface area (Å²) in [7, 11) is 0. The van der Waals surface area contributed by atoms with Crippen molar-refractivity contribution in [1.82, 2.24) is 29.9 Å². The fourth-order valence-electron chi connectivity index (χ4n) is 8.00. The van der Waals surface area contributed by atoms with E-state index >= 15 is 0 Å². The number of hydrogen-bond donors (Lipinski definition) is 0. The van der Waals surface area contributed by atoms with Crippen LogP contribution in [0.5, 0.6) is 0 Å². The van der Waals surface area contributed by atoms with Crippen molar-refractivity contribution in [1.29, 1.82) is 0 Å². The number of hydrogen-bond acceptors (Lipinski definition) is 6. The second-order valence-electron chi connectivity index (χ2n) is 15.1. The van der Waals surface area contributed by atoms with Crippen LogP contribution < -0.4 is 0 Å². The van der Waals surface area contributed by atoms with Crippen molar-refractivity contribution in [2.45, 2.75) is 0 Å². The van der Waals surface area contributed by atoms with Gasteiger partial charge in [0.25, 0.3) is 0 Å². The molecule has 0 fully saturated rings. The van der Waals surface area contributed by atoms with E-state index in [1.54, 1.807) is 0 Å². The average molecular weight is 793 g/mol. The first-order valence-electron chi connectivity index (χ1n) is 20.6. The molecule has 0 bridgehead atoms. The lowest BCUT2D eigenvalue weighted by molar-refractivity contribution is 1.21. The van der Waals surface area contributed by atoms with E-state index in [2.05, 4.69) is 97.1 Å². The van der Waals surface area contributed by atoms with Gasteiger partial charge in [-0.05, 0) is 24.3 Å². The third-order valence-electron chi connectivity index (χ3n) is 11.1. The molecular weight excluding hydrogens is 757 g/mol. The molecule has 0 radical (unpaired) electrons. The van der Waals surface area contributed by atoms with Gasteiger partial charge in [-0.15, -0.1) is 0 Å². The fraction of sp³-hybridized carbons (Fsp3) is 0. The van der Waals surface area contributed by atoms with E-state index in [0.717, 1.165) is 112 Å². The van der Waals surface area contributed by atoms with Crippen LogP contribution in [0, 0.1) is 0 Å². The molecule has 11 aromatic rings. The lowest BCUT2D eigenvalue weighted by Gasteiger charge is -2.17. The van der Waals surface area contributed by atoms with Crippen molar-refractivity contribution >= 4 is 22.1 Å². The van der Waals surface area contributed by atoms with Crippen molar-refractivity contribution in [3.05, 3.63) is 218 Å². The summed E-state index contributed by atoms with van der Waals surface area (Å²) in [4.78, 5) is 31.6. The van der Waals surface area contributed by atoms with Crippen LogP contribution in [0.15, 0.2) is 218 Å². The molecule has 62 heavy (non-hydrogen) atoms. The summed E-state index contributed by atoms with van der Waals surface area (Å²) in [6.45, 7) is 0. The Morgan fingerprint density at radius 2 is 0.306 bits per heavy atom. The van der Waals surface area contributed by atoms with E-state index in [9.17, 15) is 0 Å². The molecule has 0 amide bonds. The minimum Gasteiger partial charge on any atom is -0.244 e. The molecule has 0 aliphatic carbocycles. The second kappa shape index (κ2) is 15.9. The molecule has 0 N–H and O–H groups in total. The van der Waals surface area contributed by atoms with Gasteiger partial charge < -0.3 is 0 Å². The van der Waals surface area contributed by atoms with Crippen molar-refractivity contribution in [3.63, 3.8) is 0 Å². The smallest absolute Gasteiger partial charge is 0.0973 e. The van der Waals surface area contributed by atoms with Crippen LogP contribution in [0.25, 0.3) is 112 Å². The summed E-state index contributed by atoms with van der Waals surface area (Å²) >= 11 is 0. The predicted molar refractivity (Wildman–Crippen MR) is 252 cm³/mol. The highest BCUT2D eigenvalue weighted by atomic mass is 14.9. The zero-order chi connectivity index (χ0) is 41.2. The highest BCUT2D eigenvalue weighted by Gasteiger charge is 2.21. The number of nitrogens with zero attached hydrogens (tertiary/aromatic N) is 6. The first kappa shape index (κ1) is 36.6. The summed E-state index contributed by atoms with van der Waals surface area (Å²) < 4.78 is 0. The maximum Gasteiger partial charge on any atom is 0.0973 e. The molecule has 0 unspecified atom stereocenters. The van der Waals surface area contributed by atoms with Gasteiger partial charge in [0, 0.05) is 44.5 Å². The Kier molecular flexibility index (Phi) is 9.41. The third kappa shape index (κ3) is 6.95. The van der Waals surface area contributed by atoms with E-state index < -0.39 is 0 Å². The highest BCUT2D eigenvalue weighted by molar-refractivity contribution is 5.91. The van der Waals surface area contributed by atoms with Crippen LogP contribution in [-0.2, 0) is 0 Å². The Morgan fingerprint density at radius 1 is 0.145 bits per heavy atom. The standard InChI is InChI=1S/C56H36N6/c1-5-17-37(18-6-1)49-51(59-47-27-15-13-25-45(47)57-49)41-29-33-43(34-30-41)55-53(39-21-9-3-10-22-39)61-54(40-23-11-4-12-24-40)56(62-55)44-35-31-42(32-36-44)52-50(38-19-7-2-8-20-38)58-46-26-14-16-28-48(46)60-52/h1-36H. The van der Waals surface area contributed by atoms with Crippen LogP contribution in [0.3, 0.4) is 0 Å². The monoisotopic (exact) mass is 792 g/mol. The maximum absolute atomic E-state index is 5.56. The van der Waals surface area contributed by atoms with Crippen molar-refractivity contribution < 1.29 is 0 Å². The number of fused-ring (bicyclic) bond motifs is 2. The van der Waals surface area contributed by atoms with Gasteiger partial charge in [-0.1, -0.05) is 194 Å². The zero-order valence-corrected chi connectivity index (χ0v) is 33.5. The van der Waals surface area contributed by atoms with Crippen LogP contribution in [0.4, 0.5) is 0 Å². The van der Waals surface area contributed by atoms with Crippen LogP contribution >= 0.6 is 0 Å². The van der Waals surface area contributed by atoms with Crippen LogP contribution in [0.2, 0.25) is 0 Å². The quantitative estimate of drug-likeness (QED) is 0.152.